The molecule has 0 bridgehead atoms. The topological polar surface area (TPSA) is 107 Å². The first-order chi connectivity index (χ1) is 19.1. The van der Waals surface area contributed by atoms with Crippen molar-refractivity contribution in [1.82, 2.24) is 15.2 Å². The number of nitrogens with one attached hydrogen (secondary N) is 2. The Kier molecular flexibility index (Phi) is 11.1. The molecule has 8 nitrogen and oxygen atoms in total. The predicted octanol–water partition coefficient (Wildman–Crippen LogP) is 4.85. The van der Waals surface area contributed by atoms with Crippen molar-refractivity contribution in [2.24, 2.45) is 4.99 Å². The molecule has 236 valence electrons. The van der Waals surface area contributed by atoms with E-state index in [0.717, 1.165) is 11.1 Å². The minimum absolute atomic E-state index is 0.369. The molecule has 0 radical (unpaired) electrons. The fourth-order valence-corrected chi connectivity index (χ4v) is 4.42. The van der Waals surface area contributed by atoms with Gasteiger partial charge in [0.25, 0.3) is 24.2 Å². The van der Waals surface area contributed by atoms with Crippen LogP contribution in [0.1, 0.15) is 71.9 Å². The summed E-state index contributed by atoms with van der Waals surface area (Å²) in [6.07, 6.45) is -8.34. The second-order valence-electron chi connectivity index (χ2n) is 10.8. The van der Waals surface area contributed by atoms with Gasteiger partial charge in [0, 0.05) is 29.8 Å². The minimum atomic E-state index is -4.70. The zero-order valence-electron chi connectivity index (χ0n) is 23.8. The number of carbonyl (C=O) groups is 2. The number of rotatable bonds is 11. The lowest BCUT2D eigenvalue weighted by molar-refractivity contribution is -0.143. The van der Waals surface area contributed by atoms with Crippen LogP contribution in [0.15, 0.2) is 17.3 Å². The summed E-state index contributed by atoms with van der Waals surface area (Å²) in [5.74, 6) is -5.71. The first-order valence-corrected chi connectivity index (χ1v) is 13.4. The van der Waals surface area contributed by atoms with Gasteiger partial charge in [-0.2, -0.15) is 13.2 Å². The molecule has 1 aromatic heterocycles. The molecule has 1 fully saturated rings. The summed E-state index contributed by atoms with van der Waals surface area (Å²) < 4.78 is 96.2. The molecule has 0 saturated carbocycles. The normalized spacial score (nSPS) is 19.8. The summed E-state index contributed by atoms with van der Waals surface area (Å²) in [4.78, 5) is 34.3. The number of amides is 2. The third-order valence-electron chi connectivity index (χ3n) is 6.91. The number of hydrogen-bond acceptors (Lipinski definition) is 7. The Hall–Kier alpha value is -2.88. The van der Waals surface area contributed by atoms with Gasteiger partial charge in [0.05, 0.1) is 28.8 Å². The largest absolute Gasteiger partial charge is 0.408 e. The van der Waals surface area contributed by atoms with Crippen LogP contribution < -0.4 is 10.6 Å². The predicted molar refractivity (Wildman–Crippen MR) is 146 cm³/mol. The second-order valence-corrected chi connectivity index (χ2v) is 11.2. The number of aliphatic imine (C=N–C) groups is 1. The van der Waals surface area contributed by atoms with E-state index in [2.05, 4.69) is 15.3 Å². The highest BCUT2D eigenvalue weighted by Gasteiger charge is 2.47. The average Bonchev–Trinajstić information content (AvgIpc) is 3.14. The molecule has 1 aliphatic rings. The van der Waals surface area contributed by atoms with Crippen molar-refractivity contribution in [2.75, 3.05) is 11.9 Å². The number of thiocarbonyl (C=S) groups is 1. The van der Waals surface area contributed by atoms with E-state index in [0.29, 0.717) is 6.07 Å². The number of nitrogens with zero attached hydrogens (tertiary/aromatic N) is 3. The summed E-state index contributed by atoms with van der Waals surface area (Å²) in [6, 6.07) is -5.12. The van der Waals surface area contributed by atoms with Crippen molar-refractivity contribution in [3.05, 3.63) is 23.4 Å². The lowest BCUT2D eigenvalue weighted by atomic mass is 10.00. The van der Waals surface area contributed by atoms with Gasteiger partial charge in [-0.25, -0.2) is 22.5 Å². The third-order valence-corrected chi connectivity index (χ3v) is 7.36. The van der Waals surface area contributed by atoms with Crippen molar-refractivity contribution in [2.45, 2.75) is 103 Å². The SMILES string of the molecule is CC[C@H](Nc1cc(C(F)F)c(C(=S)C(/N=C(\C)C(=O)N[C@@H](C)C(C)(C)O)C(=O)N2CC(F)(F)C[C@@H]2C)cn1)C(F)(F)F. The lowest BCUT2D eigenvalue weighted by Gasteiger charge is -2.28. The Morgan fingerprint density at radius 2 is 1.88 bits per heavy atom. The molecule has 1 saturated heterocycles. The summed E-state index contributed by atoms with van der Waals surface area (Å²) in [7, 11) is 0. The Bertz CT molecular complexity index is 1200. The Balaban J connectivity index is 2.57. The van der Waals surface area contributed by atoms with Gasteiger partial charge < -0.3 is 20.6 Å². The summed E-state index contributed by atoms with van der Waals surface area (Å²) in [5.41, 5.74) is -3.12. The number of likely N-dealkylation sites (tertiary alicyclic amines) is 1. The standard InChI is InChI=1S/C26H34F7N5O3S/c1-7-17(26(31,32)33)37-18-8-15(21(27)28)16(10-34-18)20(42)19(23(40)38-11-25(29,30)9-12(38)2)35-13(3)22(39)36-14(4)24(5,6)41/h8,10,12,14,17,19,21,41H,7,9,11H2,1-6H3,(H,34,37)(H,36,39)/b35-13+/t12-,14-,17-,19?/m0/s1. The molecule has 2 amide bonds. The maximum atomic E-state index is 14.1. The number of alkyl halides is 7. The molecular weight excluding hydrogens is 595 g/mol. The van der Waals surface area contributed by atoms with Crippen molar-refractivity contribution in [1.29, 1.82) is 0 Å². The number of anilines is 1. The van der Waals surface area contributed by atoms with Gasteiger partial charge in [-0.3, -0.25) is 14.6 Å². The molecule has 2 heterocycles. The van der Waals surface area contributed by atoms with Crippen LogP contribution >= 0.6 is 12.2 Å². The summed E-state index contributed by atoms with van der Waals surface area (Å²) in [6.45, 7) is 7.11. The molecule has 4 atom stereocenters. The van der Waals surface area contributed by atoms with Crippen LogP contribution in [-0.4, -0.2) is 85.8 Å². The zero-order chi connectivity index (χ0) is 32.4. The van der Waals surface area contributed by atoms with Crippen LogP contribution in [0.4, 0.5) is 36.6 Å². The molecule has 2 rings (SSSR count). The van der Waals surface area contributed by atoms with E-state index in [1.54, 1.807) is 0 Å². The lowest BCUT2D eigenvalue weighted by Crippen LogP contribution is -2.49. The van der Waals surface area contributed by atoms with Gasteiger partial charge in [-0.15, -0.1) is 0 Å². The first-order valence-electron chi connectivity index (χ1n) is 13.0. The minimum Gasteiger partial charge on any atom is -0.388 e. The monoisotopic (exact) mass is 629 g/mol. The third kappa shape index (κ3) is 8.82. The molecule has 0 aliphatic carbocycles. The smallest absolute Gasteiger partial charge is 0.388 e. The van der Waals surface area contributed by atoms with Gasteiger partial charge in [0.15, 0.2) is 6.04 Å². The number of hydrogen-bond donors (Lipinski definition) is 3. The van der Waals surface area contributed by atoms with Gasteiger partial charge in [0.2, 0.25) is 0 Å². The van der Waals surface area contributed by atoms with E-state index < -0.39 is 101 Å². The van der Waals surface area contributed by atoms with Crippen LogP contribution in [0.25, 0.3) is 0 Å². The maximum absolute atomic E-state index is 14.1. The summed E-state index contributed by atoms with van der Waals surface area (Å²) >= 11 is 5.33. The molecule has 0 spiro atoms. The zero-order valence-corrected chi connectivity index (χ0v) is 24.6. The quantitative estimate of drug-likeness (QED) is 0.140. The molecule has 16 heteroatoms. The van der Waals surface area contributed by atoms with Crippen LogP contribution in [0.3, 0.4) is 0 Å². The van der Waals surface area contributed by atoms with Crippen molar-refractivity contribution >= 4 is 40.4 Å². The van der Waals surface area contributed by atoms with E-state index in [4.69, 9.17) is 12.2 Å². The molecule has 0 aromatic carbocycles. The molecule has 42 heavy (non-hydrogen) atoms. The van der Waals surface area contributed by atoms with Gasteiger partial charge >= 0.3 is 6.18 Å². The Morgan fingerprint density at radius 1 is 1.29 bits per heavy atom. The fourth-order valence-electron chi connectivity index (χ4n) is 4.10. The van der Waals surface area contributed by atoms with Crippen LogP contribution in [-0.2, 0) is 9.59 Å². The molecule has 3 N–H and O–H groups in total. The van der Waals surface area contributed by atoms with Crippen LogP contribution in [0, 0.1) is 0 Å². The van der Waals surface area contributed by atoms with Crippen molar-refractivity contribution < 1.29 is 45.4 Å². The van der Waals surface area contributed by atoms with Gasteiger partial charge in [-0.1, -0.05) is 19.1 Å². The van der Waals surface area contributed by atoms with E-state index in [1.807, 2.05) is 5.32 Å². The Labute approximate surface area is 244 Å². The summed E-state index contributed by atoms with van der Waals surface area (Å²) in [5, 5.41) is 14.6. The van der Waals surface area contributed by atoms with Crippen molar-refractivity contribution in [3.8, 4) is 0 Å². The van der Waals surface area contributed by atoms with Gasteiger partial charge in [-0.05, 0) is 47.1 Å². The second kappa shape index (κ2) is 13.2. The number of carbonyl (C=O) groups excluding carboxylic acids is 2. The number of aliphatic hydroxyl groups is 1. The highest BCUT2D eigenvalue weighted by molar-refractivity contribution is 7.81. The van der Waals surface area contributed by atoms with Gasteiger partial charge in [0.1, 0.15) is 11.9 Å². The Morgan fingerprint density at radius 3 is 2.33 bits per heavy atom. The van der Waals surface area contributed by atoms with E-state index >= 15 is 0 Å². The van der Waals surface area contributed by atoms with Crippen LogP contribution in [0.5, 0.6) is 0 Å². The number of halogens is 7. The number of aromatic nitrogens is 1. The highest BCUT2D eigenvalue weighted by Crippen LogP contribution is 2.34. The van der Waals surface area contributed by atoms with E-state index in [9.17, 15) is 45.4 Å². The fraction of sp³-hybridized carbons (Fsp3) is 0.654. The first kappa shape index (κ1) is 35.3. The highest BCUT2D eigenvalue weighted by atomic mass is 32.1. The van der Waals surface area contributed by atoms with E-state index in [1.165, 1.54) is 41.5 Å². The molecule has 1 aromatic rings. The maximum Gasteiger partial charge on any atom is 0.408 e. The molecule has 1 unspecified atom stereocenters. The van der Waals surface area contributed by atoms with E-state index in [-0.39, 0.29) is 5.71 Å². The number of pyridine rings is 1. The molecule has 1 aliphatic heterocycles. The van der Waals surface area contributed by atoms with Crippen molar-refractivity contribution in [3.63, 3.8) is 0 Å². The molecular formula is C26H34F7N5O3S. The van der Waals surface area contributed by atoms with Crippen LogP contribution in [0.2, 0.25) is 0 Å². The average molecular weight is 630 g/mol.